The van der Waals surface area contributed by atoms with Gasteiger partial charge in [0.2, 0.25) is 0 Å². The average Bonchev–Trinajstić information content (AvgIpc) is 2.90. The van der Waals surface area contributed by atoms with Gasteiger partial charge in [-0.25, -0.2) is 0 Å². The monoisotopic (exact) mass is 303 g/mol. The van der Waals surface area contributed by atoms with Crippen LogP contribution in [0, 0.1) is 0 Å². The highest BCUT2D eigenvalue weighted by Crippen LogP contribution is 2.34. The molecule has 2 rings (SSSR count). The summed E-state index contributed by atoms with van der Waals surface area (Å²) < 4.78 is 0. The highest BCUT2D eigenvalue weighted by molar-refractivity contribution is 7.12. The summed E-state index contributed by atoms with van der Waals surface area (Å²) in [6.45, 7) is 8.26. The summed E-state index contributed by atoms with van der Waals surface area (Å²) in [6, 6.07) is 8.84. The molecule has 2 heterocycles. The fourth-order valence-electron chi connectivity index (χ4n) is 2.33. The Hall–Kier alpha value is -1.23. The van der Waals surface area contributed by atoms with Crippen molar-refractivity contribution in [3.8, 4) is 0 Å². The molecule has 2 aromatic rings. The summed E-state index contributed by atoms with van der Waals surface area (Å²) in [5, 5.41) is 0. The van der Waals surface area contributed by atoms with Gasteiger partial charge in [0.25, 0.3) is 0 Å². The topological polar surface area (TPSA) is 42.2 Å². The van der Waals surface area contributed by atoms with Gasteiger partial charge < -0.3 is 5.73 Å². The first-order valence-corrected chi connectivity index (χ1v) is 8.13. The molecule has 3 nitrogen and oxygen atoms in total. The Morgan fingerprint density at radius 3 is 2.38 bits per heavy atom. The molecule has 2 aromatic heterocycles. The zero-order chi connectivity index (χ0) is 15.5. The number of thiophene rings is 1. The predicted molar refractivity (Wildman–Crippen MR) is 90.5 cm³/mol. The summed E-state index contributed by atoms with van der Waals surface area (Å²) in [5.41, 5.74) is 7.49. The van der Waals surface area contributed by atoms with Crippen molar-refractivity contribution in [1.82, 2.24) is 9.88 Å². The van der Waals surface area contributed by atoms with Crippen molar-refractivity contribution in [3.63, 3.8) is 0 Å². The summed E-state index contributed by atoms with van der Waals surface area (Å²) in [7, 11) is 2.13. The van der Waals surface area contributed by atoms with Gasteiger partial charge in [0.15, 0.2) is 0 Å². The van der Waals surface area contributed by atoms with Crippen LogP contribution in [0.1, 0.15) is 42.1 Å². The molecular formula is C17H25N3S. The van der Waals surface area contributed by atoms with Gasteiger partial charge in [0, 0.05) is 35.2 Å². The summed E-state index contributed by atoms with van der Waals surface area (Å²) in [4.78, 5) is 9.13. The number of rotatable bonds is 5. The van der Waals surface area contributed by atoms with E-state index >= 15 is 0 Å². The summed E-state index contributed by atoms with van der Waals surface area (Å²) in [6.07, 6.45) is 3.67. The standard InChI is InChI=1S/C17H25N3S/c1-17(2,3)16-6-5-15(21-16)14(11-18)20(4)12-13-7-9-19-10-8-13/h5-10,14H,11-12,18H2,1-4H3. The molecule has 0 fully saturated rings. The Kier molecular flexibility index (Phi) is 5.14. The van der Waals surface area contributed by atoms with Crippen molar-refractivity contribution in [3.05, 3.63) is 52.0 Å². The molecule has 0 saturated heterocycles. The number of hydrogen-bond acceptors (Lipinski definition) is 4. The van der Waals surface area contributed by atoms with Gasteiger partial charge >= 0.3 is 0 Å². The van der Waals surface area contributed by atoms with Crippen LogP contribution >= 0.6 is 11.3 Å². The van der Waals surface area contributed by atoms with Gasteiger partial charge in [-0.2, -0.15) is 0 Å². The van der Waals surface area contributed by atoms with Gasteiger partial charge in [-0.15, -0.1) is 11.3 Å². The maximum absolute atomic E-state index is 6.03. The van der Waals surface area contributed by atoms with E-state index in [0.717, 1.165) is 6.54 Å². The zero-order valence-electron chi connectivity index (χ0n) is 13.3. The van der Waals surface area contributed by atoms with Crippen LogP contribution in [0.2, 0.25) is 0 Å². The molecule has 0 spiro atoms. The Morgan fingerprint density at radius 1 is 1.19 bits per heavy atom. The first kappa shape index (κ1) is 16.1. The van der Waals surface area contributed by atoms with Crippen LogP contribution in [0.25, 0.3) is 0 Å². The molecule has 21 heavy (non-hydrogen) atoms. The van der Waals surface area contributed by atoms with Crippen molar-refractivity contribution >= 4 is 11.3 Å². The zero-order valence-corrected chi connectivity index (χ0v) is 14.2. The molecule has 0 bridgehead atoms. The van der Waals surface area contributed by atoms with Crippen molar-refractivity contribution in [2.24, 2.45) is 5.73 Å². The predicted octanol–water partition coefficient (Wildman–Crippen LogP) is 3.57. The van der Waals surface area contributed by atoms with E-state index in [1.165, 1.54) is 15.3 Å². The third-order valence-electron chi connectivity index (χ3n) is 3.63. The molecule has 0 aromatic carbocycles. The molecule has 0 saturated carbocycles. The maximum atomic E-state index is 6.03. The minimum atomic E-state index is 0.200. The Morgan fingerprint density at radius 2 is 1.86 bits per heavy atom. The quantitative estimate of drug-likeness (QED) is 0.918. The van der Waals surface area contributed by atoms with Crippen molar-refractivity contribution in [2.45, 2.75) is 38.8 Å². The van der Waals surface area contributed by atoms with Crippen LogP contribution in [0.15, 0.2) is 36.7 Å². The smallest absolute Gasteiger partial charge is 0.0564 e. The molecule has 0 aliphatic rings. The minimum absolute atomic E-state index is 0.200. The number of likely N-dealkylation sites (N-methyl/N-ethyl adjacent to an activating group) is 1. The largest absolute Gasteiger partial charge is 0.329 e. The van der Waals surface area contributed by atoms with E-state index in [2.05, 4.69) is 62.0 Å². The second-order valence-electron chi connectivity index (χ2n) is 6.47. The van der Waals surface area contributed by atoms with Gasteiger partial charge in [-0.1, -0.05) is 20.8 Å². The van der Waals surface area contributed by atoms with E-state index < -0.39 is 0 Å². The number of nitrogens with zero attached hydrogens (tertiary/aromatic N) is 2. The van der Waals surface area contributed by atoms with Crippen molar-refractivity contribution in [2.75, 3.05) is 13.6 Å². The highest BCUT2D eigenvalue weighted by Gasteiger charge is 2.21. The first-order chi connectivity index (χ1) is 9.91. The molecule has 4 heteroatoms. The number of pyridine rings is 1. The molecule has 114 valence electrons. The minimum Gasteiger partial charge on any atom is -0.329 e. The van der Waals surface area contributed by atoms with Crippen LogP contribution < -0.4 is 5.73 Å². The van der Waals surface area contributed by atoms with E-state index in [0.29, 0.717) is 6.54 Å². The Balaban J connectivity index is 2.13. The van der Waals surface area contributed by atoms with E-state index in [1.54, 1.807) is 0 Å². The average molecular weight is 303 g/mol. The van der Waals surface area contributed by atoms with Crippen LogP contribution in [-0.4, -0.2) is 23.5 Å². The van der Waals surface area contributed by atoms with Crippen molar-refractivity contribution in [1.29, 1.82) is 0 Å². The van der Waals surface area contributed by atoms with Crippen molar-refractivity contribution < 1.29 is 0 Å². The lowest BCUT2D eigenvalue weighted by molar-refractivity contribution is 0.245. The maximum Gasteiger partial charge on any atom is 0.0564 e. The van der Waals surface area contributed by atoms with Gasteiger partial charge in [0.1, 0.15) is 0 Å². The number of aromatic nitrogens is 1. The van der Waals surface area contributed by atoms with Crippen LogP contribution in [0.4, 0.5) is 0 Å². The number of nitrogens with two attached hydrogens (primary N) is 1. The summed E-state index contributed by atoms with van der Waals surface area (Å²) >= 11 is 1.88. The van der Waals surface area contributed by atoms with Gasteiger partial charge in [-0.05, 0) is 42.3 Å². The van der Waals surface area contributed by atoms with Gasteiger partial charge in [-0.3, -0.25) is 9.88 Å². The molecule has 0 radical (unpaired) electrons. The van der Waals surface area contributed by atoms with Crippen LogP contribution in [0.3, 0.4) is 0 Å². The van der Waals surface area contributed by atoms with E-state index in [1.807, 2.05) is 23.7 Å². The molecule has 1 unspecified atom stereocenters. The second-order valence-corrected chi connectivity index (χ2v) is 7.59. The normalized spacial score (nSPS) is 13.6. The summed E-state index contributed by atoms with van der Waals surface area (Å²) in [5.74, 6) is 0. The lowest BCUT2D eigenvalue weighted by Gasteiger charge is -2.26. The third kappa shape index (κ3) is 4.13. The van der Waals surface area contributed by atoms with E-state index in [-0.39, 0.29) is 11.5 Å². The first-order valence-electron chi connectivity index (χ1n) is 7.31. The molecule has 2 N–H and O–H groups in total. The van der Waals surface area contributed by atoms with E-state index in [9.17, 15) is 0 Å². The van der Waals surface area contributed by atoms with Crippen LogP contribution in [-0.2, 0) is 12.0 Å². The fraction of sp³-hybridized carbons (Fsp3) is 0.471. The van der Waals surface area contributed by atoms with Gasteiger partial charge in [0.05, 0.1) is 6.04 Å². The molecular weight excluding hydrogens is 278 g/mol. The SMILES string of the molecule is CN(Cc1ccncc1)C(CN)c1ccc(C(C)(C)C)s1. The lowest BCUT2D eigenvalue weighted by Crippen LogP contribution is -2.29. The molecule has 0 aliphatic heterocycles. The lowest BCUT2D eigenvalue weighted by atomic mass is 9.95. The fourth-order valence-corrected chi connectivity index (χ4v) is 3.58. The van der Waals surface area contributed by atoms with E-state index in [4.69, 9.17) is 5.73 Å². The Labute approximate surface area is 131 Å². The third-order valence-corrected chi connectivity index (χ3v) is 5.24. The Bertz CT molecular complexity index is 557. The molecule has 0 amide bonds. The number of hydrogen-bond donors (Lipinski definition) is 1. The molecule has 0 aliphatic carbocycles. The second kappa shape index (κ2) is 6.69. The van der Waals surface area contributed by atoms with Crippen LogP contribution in [0.5, 0.6) is 0 Å². The highest BCUT2D eigenvalue weighted by atomic mass is 32.1. The molecule has 1 atom stereocenters.